The monoisotopic (exact) mass is 475 g/mol. The summed E-state index contributed by atoms with van der Waals surface area (Å²) in [6.45, 7) is 2.00. The van der Waals surface area contributed by atoms with E-state index in [0.29, 0.717) is 22.8 Å². The fourth-order valence-corrected chi connectivity index (χ4v) is 4.22. The molecule has 1 amide bonds. The van der Waals surface area contributed by atoms with Crippen molar-refractivity contribution in [3.8, 4) is 27.8 Å². The number of thiophene rings is 1. The van der Waals surface area contributed by atoms with Gasteiger partial charge < -0.3 is 19.5 Å². The Bertz CT molecular complexity index is 1320. The third-order valence-electron chi connectivity index (χ3n) is 5.27. The van der Waals surface area contributed by atoms with Gasteiger partial charge in [-0.25, -0.2) is 9.48 Å². The van der Waals surface area contributed by atoms with Crippen molar-refractivity contribution >= 4 is 23.2 Å². The summed E-state index contributed by atoms with van der Waals surface area (Å²) in [5.74, 6) is 0.299. The van der Waals surface area contributed by atoms with Crippen molar-refractivity contribution in [3.05, 3.63) is 83.4 Å². The van der Waals surface area contributed by atoms with Gasteiger partial charge in [0.2, 0.25) is 6.79 Å². The van der Waals surface area contributed by atoms with Crippen molar-refractivity contribution in [1.29, 1.82) is 0 Å². The second-order valence-electron chi connectivity index (χ2n) is 7.60. The number of para-hydroxylation sites is 1. The maximum atomic E-state index is 13.0. The number of rotatable bonds is 7. The second kappa shape index (κ2) is 9.40. The number of ether oxygens (including phenoxy) is 3. The van der Waals surface area contributed by atoms with Gasteiger partial charge in [-0.3, -0.25) is 4.79 Å². The van der Waals surface area contributed by atoms with Crippen molar-refractivity contribution in [2.75, 3.05) is 6.79 Å². The van der Waals surface area contributed by atoms with E-state index in [1.54, 1.807) is 23.9 Å². The number of hydrogen-bond acceptors (Lipinski definition) is 7. The largest absolute Gasteiger partial charge is 0.454 e. The summed E-state index contributed by atoms with van der Waals surface area (Å²) in [7, 11) is 0. The summed E-state index contributed by atoms with van der Waals surface area (Å²) in [6, 6.07) is 18.7. The van der Waals surface area contributed by atoms with E-state index in [4.69, 9.17) is 14.2 Å². The Labute approximate surface area is 199 Å². The molecule has 3 heterocycles. The lowest BCUT2D eigenvalue weighted by atomic mass is 10.2. The summed E-state index contributed by atoms with van der Waals surface area (Å²) in [5.41, 5.74) is 2.47. The van der Waals surface area contributed by atoms with Crippen molar-refractivity contribution in [3.63, 3.8) is 0 Å². The van der Waals surface area contributed by atoms with Crippen LogP contribution >= 0.6 is 11.3 Å². The minimum atomic E-state index is -0.988. The lowest BCUT2D eigenvalue weighted by Gasteiger charge is -2.13. The summed E-state index contributed by atoms with van der Waals surface area (Å²) in [6.07, 6.45) is 0.641. The van der Waals surface area contributed by atoms with E-state index in [1.165, 1.54) is 11.3 Å². The van der Waals surface area contributed by atoms with E-state index in [-0.39, 0.29) is 13.3 Å². The van der Waals surface area contributed by atoms with E-state index in [2.05, 4.69) is 10.4 Å². The molecule has 2 aromatic heterocycles. The smallest absolute Gasteiger partial charge is 0.342 e. The number of esters is 1. The molecule has 5 rings (SSSR count). The molecule has 172 valence electrons. The Hall–Kier alpha value is -4.11. The topological polar surface area (TPSA) is 91.7 Å². The average Bonchev–Trinajstić information content (AvgIpc) is 3.62. The molecule has 4 aromatic rings. The van der Waals surface area contributed by atoms with Crippen LogP contribution in [0.15, 0.2) is 72.2 Å². The number of fused-ring (bicyclic) bond motifs is 1. The molecule has 1 aliphatic heterocycles. The van der Waals surface area contributed by atoms with Crippen molar-refractivity contribution in [1.82, 2.24) is 15.1 Å². The van der Waals surface area contributed by atoms with Crippen LogP contribution in [0.3, 0.4) is 0 Å². The quantitative estimate of drug-likeness (QED) is 0.403. The maximum Gasteiger partial charge on any atom is 0.342 e. The van der Waals surface area contributed by atoms with Crippen LogP contribution in [0.2, 0.25) is 0 Å². The molecule has 0 unspecified atom stereocenters. The first-order chi connectivity index (χ1) is 16.6. The van der Waals surface area contributed by atoms with Gasteiger partial charge in [0.15, 0.2) is 17.6 Å². The number of amides is 1. The average molecular weight is 476 g/mol. The molecule has 0 spiro atoms. The number of hydrogen-bond donors (Lipinski definition) is 1. The zero-order valence-electron chi connectivity index (χ0n) is 18.3. The number of aromatic nitrogens is 2. The number of nitrogens with zero attached hydrogens (tertiary/aromatic N) is 2. The fourth-order valence-electron chi connectivity index (χ4n) is 3.49. The van der Waals surface area contributed by atoms with Gasteiger partial charge >= 0.3 is 5.97 Å². The van der Waals surface area contributed by atoms with Crippen molar-refractivity contribution in [2.24, 2.45) is 0 Å². The number of benzene rings is 2. The first-order valence-electron chi connectivity index (χ1n) is 10.6. The summed E-state index contributed by atoms with van der Waals surface area (Å²) in [5, 5.41) is 9.31. The van der Waals surface area contributed by atoms with Crippen LogP contribution in [-0.4, -0.2) is 34.6 Å². The Morgan fingerprint density at radius 3 is 2.74 bits per heavy atom. The van der Waals surface area contributed by atoms with Gasteiger partial charge in [-0.15, -0.1) is 11.3 Å². The van der Waals surface area contributed by atoms with Gasteiger partial charge in [-0.05, 0) is 48.2 Å². The molecule has 1 atom stereocenters. The maximum absolute atomic E-state index is 13.0. The van der Waals surface area contributed by atoms with Crippen LogP contribution in [0.1, 0.15) is 22.8 Å². The molecule has 8 nitrogen and oxygen atoms in total. The Morgan fingerprint density at radius 1 is 1.12 bits per heavy atom. The molecule has 0 saturated heterocycles. The molecule has 0 radical (unpaired) electrons. The predicted octanol–water partition coefficient (Wildman–Crippen LogP) is 4.19. The van der Waals surface area contributed by atoms with Crippen LogP contribution in [-0.2, 0) is 16.1 Å². The molecular formula is C25H21N3O5S. The molecule has 0 bridgehead atoms. The van der Waals surface area contributed by atoms with Gasteiger partial charge in [-0.2, -0.15) is 5.10 Å². The van der Waals surface area contributed by atoms with Gasteiger partial charge in [0, 0.05) is 12.7 Å². The minimum Gasteiger partial charge on any atom is -0.454 e. The summed E-state index contributed by atoms with van der Waals surface area (Å²) >= 11 is 1.47. The third kappa shape index (κ3) is 4.51. The Kier molecular flexibility index (Phi) is 6.01. The van der Waals surface area contributed by atoms with E-state index < -0.39 is 18.0 Å². The van der Waals surface area contributed by atoms with Gasteiger partial charge in [0.25, 0.3) is 5.91 Å². The number of carbonyl (C=O) groups excluding carboxylic acids is 2. The molecule has 2 aromatic carbocycles. The molecule has 34 heavy (non-hydrogen) atoms. The Morgan fingerprint density at radius 2 is 1.94 bits per heavy atom. The summed E-state index contributed by atoms with van der Waals surface area (Å²) < 4.78 is 17.8. The van der Waals surface area contributed by atoms with Gasteiger partial charge in [-0.1, -0.05) is 30.3 Å². The van der Waals surface area contributed by atoms with E-state index in [1.807, 2.05) is 60.0 Å². The van der Waals surface area contributed by atoms with E-state index >= 15 is 0 Å². The van der Waals surface area contributed by atoms with E-state index in [9.17, 15) is 9.59 Å². The van der Waals surface area contributed by atoms with Crippen LogP contribution < -0.4 is 14.8 Å². The van der Waals surface area contributed by atoms with Gasteiger partial charge in [0.1, 0.15) is 11.3 Å². The number of carbonyl (C=O) groups is 2. The first kappa shape index (κ1) is 21.7. The highest BCUT2D eigenvalue weighted by Crippen LogP contribution is 2.32. The van der Waals surface area contributed by atoms with Crippen LogP contribution in [0.5, 0.6) is 11.5 Å². The molecule has 0 fully saturated rings. The highest BCUT2D eigenvalue weighted by atomic mass is 32.1. The number of nitrogens with one attached hydrogen (secondary N) is 1. The second-order valence-corrected chi connectivity index (χ2v) is 8.55. The van der Waals surface area contributed by atoms with Crippen molar-refractivity contribution < 1.29 is 23.8 Å². The Balaban J connectivity index is 1.28. The highest BCUT2D eigenvalue weighted by Gasteiger charge is 2.25. The summed E-state index contributed by atoms with van der Waals surface area (Å²) in [4.78, 5) is 26.5. The zero-order valence-corrected chi connectivity index (χ0v) is 19.1. The van der Waals surface area contributed by atoms with Crippen LogP contribution in [0.4, 0.5) is 0 Å². The minimum absolute atomic E-state index is 0.187. The molecule has 0 saturated carbocycles. The third-order valence-corrected chi connectivity index (χ3v) is 6.14. The van der Waals surface area contributed by atoms with Crippen molar-refractivity contribution in [2.45, 2.75) is 19.6 Å². The molecule has 9 heteroatoms. The SMILES string of the molecule is C[C@@H](OC(=O)c1cn(-c2ccccc2)nc1-c1cccs1)C(=O)NCc1ccc2c(c1)OCO2. The van der Waals surface area contributed by atoms with Crippen LogP contribution in [0.25, 0.3) is 16.3 Å². The van der Waals surface area contributed by atoms with Crippen LogP contribution in [0, 0.1) is 0 Å². The molecule has 1 N–H and O–H groups in total. The molecule has 0 aliphatic carbocycles. The van der Waals surface area contributed by atoms with E-state index in [0.717, 1.165) is 16.1 Å². The fraction of sp³-hybridized carbons (Fsp3) is 0.160. The zero-order chi connectivity index (χ0) is 23.5. The standard InChI is InChI=1S/C25H21N3O5S/c1-16(24(29)26-13-17-9-10-20-21(12-17)32-15-31-20)33-25(30)19-14-28(18-6-3-2-4-7-18)27-23(19)22-8-5-11-34-22/h2-12,14,16H,13,15H2,1H3,(H,26,29)/t16-/m1/s1. The lowest BCUT2D eigenvalue weighted by molar-refractivity contribution is -0.129. The van der Waals surface area contributed by atoms with Gasteiger partial charge in [0.05, 0.1) is 10.6 Å². The first-order valence-corrected chi connectivity index (χ1v) is 11.5. The molecule has 1 aliphatic rings. The normalized spacial score (nSPS) is 12.9. The highest BCUT2D eigenvalue weighted by molar-refractivity contribution is 7.13. The molecular weight excluding hydrogens is 454 g/mol. The lowest BCUT2D eigenvalue weighted by Crippen LogP contribution is -2.35. The predicted molar refractivity (Wildman–Crippen MR) is 126 cm³/mol.